The molecule has 1 rings (SSSR count). The first-order valence-corrected chi connectivity index (χ1v) is 7.55. The van der Waals surface area contributed by atoms with Crippen LogP contribution in [0.4, 0.5) is 5.69 Å². The molecule has 0 radical (unpaired) electrons. The molecule has 4 nitrogen and oxygen atoms in total. The predicted molar refractivity (Wildman–Crippen MR) is 73.7 cm³/mol. The molecule has 0 aromatic heterocycles. The molecule has 1 aromatic carbocycles. The van der Waals surface area contributed by atoms with Crippen molar-refractivity contribution >= 4 is 15.5 Å². The van der Waals surface area contributed by atoms with Crippen molar-refractivity contribution in [3.8, 4) is 0 Å². The van der Waals surface area contributed by atoms with E-state index >= 15 is 0 Å². The minimum atomic E-state index is -3.12. The molecule has 100 valence electrons. The normalized spacial score (nSPS) is 11.2. The summed E-state index contributed by atoms with van der Waals surface area (Å²) in [4.78, 5) is 0.326. The van der Waals surface area contributed by atoms with E-state index in [2.05, 4.69) is 11.9 Å². The maximum Gasteiger partial charge on any atom is 0.175 e. The highest BCUT2D eigenvalue weighted by atomic mass is 32.2. The van der Waals surface area contributed by atoms with E-state index in [9.17, 15) is 8.42 Å². The van der Waals surface area contributed by atoms with Gasteiger partial charge in [0.25, 0.3) is 0 Å². The average Bonchev–Trinajstić information content (AvgIpc) is 2.27. The third-order valence-corrected chi connectivity index (χ3v) is 3.33. The van der Waals surface area contributed by atoms with Crippen molar-refractivity contribution in [2.45, 2.75) is 11.8 Å². The Kier molecular flexibility index (Phi) is 5.37. The van der Waals surface area contributed by atoms with E-state index in [0.717, 1.165) is 11.3 Å². The van der Waals surface area contributed by atoms with Gasteiger partial charge in [0.15, 0.2) is 9.84 Å². The molecule has 0 amide bonds. The van der Waals surface area contributed by atoms with Crippen LogP contribution in [0.15, 0.2) is 41.3 Å². The highest BCUT2D eigenvalue weighted by Crippen LogP contribution is 2.13. The SMILES string of the molecule is C=C(C)COCCNc1ccc(S(C)(=O)=O)cc1. The highest BCUT2D eigenvalue weighted by molar-refractivity contribution is 7.90. The van der Waals surface area contributed by atoms with Crippen LogP contribution in [0.3, 0.4) is 0 Å². The lowest BCUT2D eigenvalue weighted by atomic mass is 10.3. The van der Waals surface area contributed by atoms with E-state index in [1.165, 1.54) is 6.26 Å². The summed E-state index contributed by atoms with van der Waals surface area (Å²) in [7, 11) is -3.12. The number of hydrogen-bond donors (Lipinski definition) is 1. The molecule has 0 aliphatic carbocycles. The van der Waals surface area contributed by atoms with Gasteiger partial charge in [-0.15, -0.1) is 0 Å². The van der Waals surface area contributed by atoms with Gasteiger partial charge in [0, 0.05) is 18.5 Å². The molecular formula is C13H19NO3S. The molecule has 0 saturated heterocycles. The Hall–Kier alpha value is -1.33. The summed E-state index contributed by atoms with van der Waals surface area (Å²) in [6.07, 6.45) is 1.20. The van der Waals surface area contributed by atoms with Crippen LogP contribution in [-0.2, 0) is 14.6 Å². The minimum absolute atomic E-state index is 0.326. The molecule has 0 fully saturated rings. The fourth-order valence-electron chi connectivity index (χ4n) is 1.33. The predicted octanol–water partition coefficient (Wildman–Crippen LogP) is 2.09. The number of sulfone groups is 1. The lowest BCUT2D eigenvalue weighted by molar-refractivity contribution is 0.167. The number of ether oxygens (including phenoxy) is 1. The van der Waals surface area contributed by atoms with Crippen molar-refractivity contribution in [2.75, 3.05) is 31.3 Å². The molecule has 5 heteroatoms. The van der Waals surface area contributed by atoms with Gasteiger partial charge in [-0.2, -0.15) is 0 Å². The zero-order valence-corrected chi connectivity index (χ0v) is 11.6. The third-order valence-electron chi connectivity index (χ3n) is 2.21. The molecule has 0 atom stereocenters. The monoisotopic (exact) mass is 269 g/mol. The van der Waals surface area contributed by atoms with E-state index in [4.69, 9.17) is 4.74 Å². The zero-order chi connectivity index (χ0) is 13.6. The molecule has 0 aliphatic rings. The van der Waals surface area contributed by atoms with Gasteiger partial charge in [-0.05, 0) is 31.2 Å². The first-order valence-electron chi connectivity index (χ1n) is 5.66. The fourth-order valence-corrected chi connectivity index (χ4v) is 1.96. The number of benzene rings is 1. The van der Waals surface area contributed by atoms with E-state index in [-0.39, 0.29) is 0 Å². The molecule has 0 aliphatic heterocycles. The van der Waals surface area contributed by atoms with Crippen LogP contribution in [0, 0.1) is 0 Å². The Morgan fingerprint density at radius 1 is 1.33 bits per heavy atom. The van der Waals surface area contributed by atoms with Crippen LogP contribution in [-0.4, -0.2) is 34.4 Å². The summed E-state index contributed by atoms with van der Waals surface area (Å²) in [6.45, 7) is 7.48. The molecule has 0 heterocycles. The van der Waals surface area contributed by atoms with Gasteiger partial charge in [0.1, 0.15) is 0 Å². The average molecular weight is 269 g/mol. The minimum Gasteiger partial charge on any atom is -0.383 e. The summed E-state index contributed by atoms with van der Waals surface area (Å²) in [5.41, 5.74) is 1.87. The number of hydrogen-bond acceptors (Lipinski definition) is 4. The van der Waals surface area contributed by atoms with Gasteiger partial charge < -0.3 is 10.1 Å². The quantitative estimate of drug-likeness (QED) is 0.608. The van der Waals surface area contributed by atoms with Crippen LogP contribution in [0.2, 0.25) is 0 Å². The summed E-state index contributed by atoms with van der Waals surface area (Å²) in [5, 5.41) is 3.15. The maximum atomic E-state index is 11.3. The maximum absolute atomic E-state index is 11.3. The molecule has 18 heavy (non-hydrogen) atoms. The van der Waals surface area contributed by atoms with Crippen molar-refractivity contribution < 1.29 is 13.2 Å². The molecule has 0 saturated carbocycles. The van der Waals surface area contributed by atoms with Gasteiger partial charge >= 0.3 is 0 Å². The second-order valence-electron chi connectivity index (χ2n) is 4.23. The van der Waals surface area contributed by atoms with Crippen molar-refractivity contribution in [2.24, 2.45) is 0 Å². The smallest absolute Gasteiger partial charge is 0.175 e. The van der Waals surface area contributed by atoms with Gasteiger partial charge in [-0.25, -0.2) is 8.42 Å². The van der Waals surface area contributed by atoms with E-state index in [1.807, 2.05) is 6.92 Å². The Morgan fingerprint density at radius 3 is 2.44 bits per heavy atom. The summed E-state index contributed by atoms with van der Waals surface area (Å²) in [6, 6.07) is 6.67. The van der Waals surface area contributed by atoms with Crippen molar-refractivity contribution in [1.29, 1.82) is 0 Å². The van der Waals surface area contributed by atoms with Gasteiger partial charge in [0.2, 0.25) is 0 Å². The molecule has 0 bridgehead atoms. The Bertz CT molecular complexity index is 491. The second kappa shape index (κ2) is 6.56. The largest absolute Gasteiger partial charge is 0.383 e. The molecule has 0 unspecified atom stereocenters. The van der Waals surface area contributed by atoms with Crippen LogP contribution in [0.25, 0.3) is 0 Å². The summed E-state index contributed by atoms with van der Waals surface area (Å²) in [5.74, 6) is 0. The van der Waals surface area contributed by atoms with Crippen molar-refractivity contribution in [1.82, 2.24) is 0 Å². The lowest BCUT2D eigenvalue weighted by Crippen LogP contribution is -2.10. The fraction of sp³-hybridized carbons (Fsp3) is 0.385. The number of rotatable bonds is 7. The summed E-state index contributed by atoms with van der Waals surface area (Å²) < 4.78 is 27.9. The van der Waals surface area contributed by atoms with Crippen molar-refractivity contribution in [3.63, 3.8) is 0 Å². The van der Waals surface area contributed by atoms with Gasteiger partial charge in [0.05, 0.1) is 18.1 Å². The van der Waals surface area contributed by atoms with Crippen LogP contribution in [0.5, 0.6) is 0 Å². The Balaban J connectivity index is 2.38. The second-order valence-corrected chi connectivity index (χ2v) is 6.25. The molecule has 1 N–H and O–H groups in total. The number of nitrogens with one attached hydrogen (secondary N) is 1. The number of anilines is 1. The topological polar surface area (TPSA) is 55.4 Å². The van der Waals surface area contributed by atoms with E-state index in [1.54, 1.807) is 24.3 Å². The van der Waals surface area contributed by atoms with Crippen LogP contribution < -0.4 is 5.32 Å². The van der Waals surface area contributed by atoms with E-state index < -0.39 is 9.84 Å². The van der Waals surface area contributed by atoms with Crippen molar-refractivity contribution in [3.05, 3.63) is 36.4 Å². The molecule has 0 spiro atoms. The standard InChI is InChI=1S/C13H19NO3S/c1-11(2)10-17-9-8-14-12-4-6-13(7-5-12)18(3,15)16/h4-7,14H,1,8-10H2,2-3H3. The molecular weight excluding hydrogens is 250 g/mol. The zero-order valence-electron chi connectivity index (χ0n) is 10.8. The van der Waals surface area contributed by atoms with Crippen LogP contribution in [0.1, 0.15) is 6.92 Å². The van der Waals surface area contributed by atoms with E-state index in [0.29, 0.717) is 24.7 Å². The van der Waals surface area contributed by atoms with Crippen LogP contribution >= 0.6 is 0 Å². The Morgan fingerprint density at radius 2 is 1.94 bits per heavy atom. The highest BCUT2D eigenvalue weighted by Gasteiger charge is 2.05. The summed E-state index contributed by atoms with van der Waals surface area (Å²) >= 11 is 0. The molecule has 1 aromatic rings. The van der Waals surface area contributed by atoms with Gasteiger partial charge in [-0.3, -0.25) is 0 Å². The van der Waals surface area contributed by atoms with Gasteiger partial charge in [-0.1, -0.05) is 12.2 Å². The Labute approximate surface area is 109 Å². The first-order chi connectivity index (χ1) is 8.39. The third kappa shape index (κ3) is 5.33. The first kappa shape index (κ1) is 14.7. The lowest BCUT2D eigenvalue weighted by Gasteiger charge is -2.07.